The Balaban J connectivity index is 1.96. The fraction of sp³-hybridized carbons (Fsp3) is 0.571. The van der Waals surface area contributed by atoms with Gasteiger partial charge < -0.3 is 19.5 Å². The number of carbonyl (C=O) groups excluding carboxylic acids is 1. The Morgan fingerprint density at radius 3 is 3.00 bits per heavy atom. The molecule has 130 valence electrons. The van der Waals surface area contributed by atoms with E-state index >= 15 is 0 Å². The van der Waals surface area contributed by atoms with E-state index in [4.69, 9.17) is 4.74 Å². The standard InChI is InChI=1S/C14H19N5O5/c1-7(2)11(21)17-13-16-10-9(12(22)18-13)15-6-19(10)4-14(23)5-24-3-8(14)20/h6-8,20,23H,3-5H2,1-2H3,(H2,16,17,18,21,22)/t8-,14+/m0/s1. The number of carbonyl (C=O) groups is 1. The van der Waals surface area contributed by atoms with E-state index in [1.54, 1.807) is 13.8 Å². The zero-order valence-electron chi connectivity index (χ0n) is 13.3. The largest absolute Gasteiger partial charge is 0.388 e. The number of hydrogen-bond donors (Lipinski definition) is 4. The number of anilines is 1. The molecule has 0 aliphatic carbocycles. The number of hydrogen-bond acceptors (Lipinski definition) is 7. The maximum absolute atomic E-state index is 12.1. The SMILES string of the molecule is CC(C)C(=O)Nc1nc2c(ncn2C[C@@]2(O)COC[C@@H]2O)c(=O)[nH]1. The van der Waals surface area contributed by atoms with Crippen molar-refractivity contribution in [3.05, 3.63) is 16.7 Å². The molecule has 3 heterocycles. The highest BCUT2D eigenvalue weighted by molar-refractivity contribution is 5.91. The number of H-pyrrole nitrogens is 1. The lowest BCUT2D eigenvalue weighted by Crippen LogP contribution is -2.45. The molecule has 10 heteroatoms. The Morgan fingerprint density at radius 1 is 1.62 bits per heavy atom. The summed E-state index contributed by atoms with van der Waals surface area (Å²) in [4.78, 5) is 34.5. The maximum Gasteiger partial charge on any atom is 0.280 e. The third-order valence-electron chi connectivity index (χ3n) is 3.93. The van der Waals surface area contributed by atoms with Gasteiger partial charge in [-0.15, -0.1) is 0 Å². The first kappa shape index (κ1) is 16.6. The summed E-state index contributed by atoms with van der Waals surface area (Å²) in [6.07, 6.45) is 0.307. The molecule has 0 saturated carbocycles. The molecule has 1 saturated heterocycles. The number of imidazole rings is 1. The van der Waals surface area contributed by atoms with E-state index < -0.39 is 17.3 Å². The van der Waals surface area contributed by atoms with Crippen molar-refractivity contribution in [2.75, 3.05) is 18.5 Å². The van der Waals surface area contributed by atoms with Gasteiger partial charge in [0.2, 0.25) is 11.9 Å². The second-order valence-electron chi connectivity index (χ2n) is 6.24. The molecule has 24 heavy (non-hydrogen) atoms. The van der Waals surface area contributed by atoms with Gasteiger partial charge in [0, 0.05) is 5.92 Å². The van der Waals surface area contributed by atoms with Crippen LogP contribution in [0.1, 0.15) is 13.8 Å². The average Bonchev–Trinajstić information content (AvgIpc) is 3.04. The van der Waals surface area contributed by atoms with Gasteiger partial charge in [0.05, 0.1) is 26.1 Å². The monoisotopic (exact) mass is 337 g/mol. The molecule has 2 atom stereocenters. The van der Waals surface area contributed by atoms with Crippen LogP contribution in [-0.2, 0) is 16.1 Å². The van der Waals surface area contributed by atoms with Crippen LogP contribution in [0, 0.1) is 5.92 Å². The lowest BCUT2D eigenvalue weighted by Gasteiger charge is -2.24. The van der Waals surface area contributed by atoms with Crippen molar-refractivity contribution in [2.24, 2.45) is 5.92 Å². The molecule has 2 aromatic heterocycles. The number of amides is 1. The first-order chi connectivity index (χ1) is 11.3. The molecular formula is C14H19N5O5. The number of aliphatic hydroxyl groups excluding tert-OH is 1. The van der Waals surface area contributed by atoms with Gasteiger partial charge in [0.25, 0.3) is 5.56 Å². The lowest BCUT2D eigenvalue weighted by molar-refractivity contribution is -0.118. The maximum atomic E-state index is 12.1. The number of aromatic nitrogens is 4. The van der Waals surface area contributed by atoms with Crippen LogP contribution in [0.25, 0.3) is 11.2 Å². The third kappa shape index (κ3) is 2.90. The van der Waals surface area contributed by atoms with Crippen molar-refractivity contribution in [2.45, 2.75) is 32.1 Å². The highest BCUT2D eigenvalue weighted by Crippen LogP contribution is 2.22. The van der Waals surface area contributed by atoms with Gasteiger partial charge in [-0.2, -0.15) is 4.98 Å². The molecule has 1 amide bonds. The minimum atomic E-state index is -1.49. The zero-order chi connectivity index (χ0) is 17.5. The molecule has 1 fully saturated rings. The summed E-state index contributed by atoms with van der Waals surface area (Å²) >= 11 is 0. The van der Waals surface area contributed by atoms with Crippen LogP contribution in [0.4, 0.5) is 5.95 Å². The van der Waals surface area contributed by atoms with Crippen molar-refractivity contribution in [1.29, 1.82) is 0 Å². The Labute approximate surface area is 136 Å². The number of rotatable bonds is 4. The predicted molar refractivity (Wildman–Crippen MR) is 83.4 cm³/mol. The van der Waals surface area contributed by atoms with Crippen LogP contribution < -0.4 is 10.9 Å². The summed E-state index contributed by atoms with van der Waals surface area (Å²) < 4.78 is 6.53. The van der Waals surface area contributed by atoms with E-state index in [1.165, 1.54) is 10.9 Å². The molecule has 3 rings (SSSR count). The molecule has 2 aromatic rings. The smallest absolute Gasteiger partial charge is 0.280 e. The Morgan fingerprint density at radius 2 is 2.38 bits per heavy atom. The fourth-order valence-electron chi connectivity index (χ4n) is 2.43. The number of aromatic amines is 1. The van der Waals surface area contributed by atoms with E-state index in [0.717, 1.165) is 0 Å². The van der Waals surface area contributed by atoms with Crippen LogP contribution in [0.5, 0.6) is 0 Å². The normalized spacial score (nSPS) is 24.0. The van der Waals surface area contributed by atoms with Crippen LogP contribution in [0.15, 0.2) is 11.1 Å². The lowest BCUT2D eigenvalue weighted by atomic mass is 10.0. The van der Waals surface area contributed by atoms with Gasteiger partial charge in [0.1, 0.15) is 11.7 Å². The Bertz CT molecular complexity index is 829. The number of nitrogens with one attached hydrogen (secondary N) is 2. The second kappa shape index (κ2) is 5.96. The van der Waals surface area contributed by atoms with Crippen molar-refractivity contribution in [1.82, 2.24) is 19.5 Å². The zero-order valence-corrected chi connectivity index (χ0v) is 13.3. The van der Waals surface area contributed by atoms with Crippen LogP contribution >= 0.6 is 0 Å². The highest BCUT2D eigenvalue weighted by Gasteiger charge is 2.42. The molecule has 0 aromatic carbocycles. The summed E-state index contributed by atoms with van der Waals surface area (Å²) in [5, 5.41) is 22.8. The van der Waals surface area contributed by atoms with Crippen LogP contribution in [0.2, 0.25) is 0 Å². The molecule has 0 unspecified atom stereocenters. The van der Waals surface area contributed by atoms with Crippen molar-refractivity contribution in [3.8, 4) is 0 Å². The minimum absolute atomic E-state index is 0.00293. The Kier molecular flexibility index (Phi) is 4.11. The quantitative estimate of drug-likeness (QED) is 0.551. The average molecular weight is 337 g/mol. The highest BCUT2D eigenvalue weighted by atomic mass is 16.5. The predicted octanol–water partition coefficient (Wildman–Crippen LogP) is -1.16. The number of ether oxygens (including phenoxy) is 1. The molecule has 1 aliphatic rings. The first-order valence-electron chi connectivity index (χ1n) is 7.54. The van der Waals surface area contributed by atoms with Crippen molar-refractivity contribution < 1.29 is 19.7 Å². The molecule has 1 aliphatic heterocycles. The van der Waals surface area contributed by atoms with Gasteiger partial charge in [-0.1, -0.05) is 13.8 Å². The molecular weight excluding hydrogens is 318 g/mol. The van der Waals surface area contributed by atoms with E-state index in [1.807, 2.05) is 0 Å². The number of nitrogens with zero attached hydrogens (tertiary/aromatic N) is 3. The Hall–Kier alpha value is -2.30. The molecule has 0 radical (unpaired) electrons. The van der Waals surface area contributed by atoms with Gasteiger partial charge >= 0.3 is 0 Å². The summed E-state index contributed by atoms with van der Waals surface area (Å²) in [7, 11) is 0. The van der Waals surface area contributed by atoms with E-state index in [9.17, 15) is 19.8 Å². The van der Waals surface area contributed by atoms with Gasteiger partial charge in [0.15, 0.2) is 11.2 Å². The first-order valence-corrected chi connectivity index (χ1v) is 7.54. The summed E-state index contributed by atoms with van der Waals surface area (Å²) in [5.41, 5.74) is -1.72. The molecule has 10 nitrogen and oxygen atoms in total. The summed E-state index contributed by atoms with van der Waals surface area (Å²) in [6, 6.07) is 0. The second-order valence-corrected chi connectivity index (χ2v) is 6.24. The third-order valence-corrected chi connectivity index (χ3v) is 3.93. The van der Waals surface area contributed by atoms with Gasteiger partial charge in [-0.05, 0) is 0 Å². The number of fused-ring (bicyclic) bond motifs is 1. The fourth-order valence-corrected chi connectivity index (χ4v) is 2.43. The minimum Gasteiger partial charge on any atom is -0.388 e. The van der Waals surface area contributed by atoms with Crippen molar-refractivity contribution >= 4 is 23.0 Å². The van der Waals surface area contributed by atoms with E-state index in [0.29, 0.717) is 0 Å². The molecule has 0 bridgehead atoms. The van der Waals surface area contributed by atoms with E-state index in [-0.39, 0.29) is 48.7 Å². The van der Waals surface area contributed by atoms with Crippen LogP contribution in [0.3, 0.4) is 0 Å². The molecule has 4 N–H and O–H groups in total. The van der Waals surface area contributed by atoms with Gasteiger partial charge in [-0.3, -0.25) is 19.9 Å². The summed E-state index contributed by atoms with van der Waals surface area (Å²) in [5.74, 6) is -0.563. The molecule has 0 spiro atoms. The van der Waals surface area contributed by atoms with Gasteiger partial charge in [-0.25, -0.2) is 4.98 Å². The number of aliphatic hydroxyl groups is 2. The topological polar surface area (TPSA) is 142 Å². The van der Waals surface area contributed by atoms with E-state index in [2.05, 4.69) is 20.3 Å². The summed E-state index contributed by atoms with van der Waals surface area (Å²) in [6.45, 7) is 3.39. The van der Waals surface area contributed by atoms with Crippen molar-refractivity contribution in [3.63, 3.8) is 0 Å². The van der Waals surface area contributed by atoms with Crippen LogP contribution in [-0.4, -0.2) is 60.6 Å².